The molecule has 0 saturated carbocycles. The monoisotopic (exact) mass is 392 g/mol. The lowest BCUT2D eigenvalue weighted by Crippen LogP contribution is -2.38. The smallest absolute Gasteiger partial charge is 0.224 e. The Balaban J connectivity index is 1.50. The Kier molecular flexibility index (Phi) is 5.96. The quantitative estimate of drug-likeness (QED) is 0.821. The van der Waals surface area contributed by atoms with E-state index in [-0.39, 0.29) is 24.6 Å². The van der Waals surface area contributed by atoms with Crippen molar-refractivity contribution in [1.29, 1.82) is 0 Å². The summed E-state index contributed by atoms with van der Waals surface area (Å²) in [6, 6.07) is 14.9. The van der Waals surface area contributed by atoms with Gasteiger partial charge in [0.1, 0.15) is 0 Å². The number of nitrogens with one attached hydrogen (secondary N) is 1. The maximum Gasteiger partial charge on any atom is 0.224 e. The van der Waals surface area contributed by atoms with Crippen molar-refractivity contribution < 1.29 is 13.2 Å². The van der Waals surface area contributed by atoms with Crippen LogP contribution in [0.5, 0.6) is 0 Å². The van der Waals surface area contributed by atoms with E-state index in [0.717, 1.165) is 12.0 Å². The van der Waals surface area contributed by atoms with E-state index in [2.05, 4.69) is 10.8 Å². The highest BCUT2D eigenvalue weighted by Crippen LogP contribution is 2.19. The molecule has 1 amide bonds. The molecule has 1 aliphatic rings. The number of fused-ring (bicyclic) bond motifs is 1. The van der Waals surface area contributed by atoms with Gasteiger partial charge in [0, 0.05) is 31.1 Å². The molecule has 0 radical (unpaired) electrons. The molecule has 1 heterocycles. The Hall–Kier alpha value is -1.89. The van der Waals surface area contributed by atoms with E-state index in [4.69, 9.17) is 11.6 Å². The van der Waals surface area contributed by atoms with Gasteiger partial charge in [-0.25, -0.2) is 13.1 Å². The summed E-state index contributed by atoms with van der Waals surface area (Å²) in [4.78, 5) is 14.2. The minimum Gasteiger partial charge on any atom is -0.338 e. The molecule has 7 heteroatoms. The van der Waals surface area contributed by atoms with Crippen molar-refractivity contribution in [2.75, 3.05) is 13.1 Å². The van der Waals surface area contributed by atoms with Crippen LogP contribution in [0, 0.1) is 0 Å². The molecule has 5 nitrogen and oxygen atoms in total. The summed E-state index contributed by atoms with van der Waals surface area (Å²) < 4.78 is 26.8. The van der Waals surface area contributed by atoms with Crippen molar-refractivity contribution in [1.82, 2.24) is 9.62 Å². The molecule has 0 aromatic heterocycles. The van der Waals surface area contributed by atoms with Crippen LogP contribution >= 0.6 is 11.6 Å². The number of hydrogen-bond acceptors (Lipinski definition) is 3. The molecule has 2 aromatic carbocycles. The van der Waals surface area contributed by atoms with Crippen molar-refractivity contribution in [3.63, 3.8) is 0 Å². The number of amides is 1. The molecule has 0 fully saturated rings. The number of benzene rings is 2. The minimum atomic E-state index is -3.54. The van der Waals surface area contributed by atoms with Gasteiger partial charge in [0.15, 0.2) is 0 Å². The van der Waals surface area contributed by atoms with Crippen LogP contribution < -0.4 is 4.72 Å². The summed E-state index contributed by atoms with van der Waals surface area (Å²) in [6.07, 6.45) is 0.976. The number of carbonyl (C=O) groups excluding carboxylic acids is 1. The van der Waals surface area contributed by atoms with Crippen LogP contribution in [0.2, 0.25) is 5.02 Å². The number of sulfonamides is 1. The van der Waals surface area contributed by atoms with Crippen LogP contribution in [-0.4, -0.2) is 32.3 Å². The van der Waals surface area contributed by atoms with E-state index in [1.54, 1.807) is 29.2 Å². The molecule has 0 atom stereocenters. The zero-order valence-electron chi connectivity index (χ0n) is 14.3. The van der Waals surface area contributed by atoms with Gasteiger partial charge >= 0.3 is 0 Å². The SMILES string of the molecule is O=C(CCNS(=O)(=O)Cc1ccccc1Cl)N1CCc2ccccc2C1. The number of carbonyl (C=O) groups is 1. The fourth-order valence-corrected chi connectivity index (χ4v) is 4.51. The molecule has 2 aromatic rings. The molecule has 0 saturated heterocycles. The predicted octanol–water partition coefficient (Wildman–Crippen LogP) is 2.73. The first-order chi connectivity index (χ1) is 12.4. The summed E-state index contributed by atoms with van der Waals surface area (Å²) >= 11 is 6.00. The van der Waals surface area contributed by atoms with Crippen molar-refractivity contribution in [3.8, 4) is 0 Å². The Morgan fingerprint density at radius 2 is 1.77 bits per heavy atom. The number of halogens is 1. The fourth-order valence-electron chi connectivity index (χ4n) is 3.05. The second kappa shape index (κ2) is 8.20. The zero-order chi connectivity index (χ0) is 18.6. The molecule has 26 heavy (non-hydrogen) atoms. The average molecular weight is 393 g/mol. The Labute approximate surface area is 159 Å². The van der Waals surface area contributed by atoms with Crippen LogP contribution in [0.3, 0.4) is 0 Å². The third-order valence-corrected chi connectivity index (χ3v) is 6.15. The molecule has 3 rings (SSSR count). The lowest BCUT2D eigenvalue weighted by Gasteiger charge is -2.29. The summed E-state index contributed by atoms with van der Waals surface area (Å²) in [5.74, 6) is -0.238. The van der Waals surface area contributed by atoms with Crippen molar-refractivity contribution >= 4 is 27.5 Å². The lowest BCUT2D eigenvalue weighted by atomic mass is 10.00. The first-order valence-electron chi connectivity index (χ1n) is 8.50. The number of rotatable bonds is 6. The van der Waals surface area contributed by atoms with Crippen LogP contribution in [0.15, 0.2) is 48.5 Å². The second-order valence-electron chi connectivity index (χ2n) is 6.33. The normalized spacial score (nSPS) is 14.1. The lowest BCUT2D eigenvalue weighted by molar-refractivity contribution is -0.131. The van der Waals surface area contributed by atoms with Crippen molar-refractivity contribution in [2.45, 2.75) is 25.1 Å². The van der Waals surface area contributed by atoms with Crippen LogP contribution in [0.25, 0.3) is 0 Å². The molecular formula is C19H21ClN2O3S. The predicted molar refractivity (Wildman–Crippen MR) is 102 cm³/mol. The highest BCUT2D eigenvalue weighted by Gasteiger charge is 2.21. The van der Waals surface area contributed by atoms with Crippen LogP contribution in [0.1, 0.15) is 23.1 Å². The van der Waals surface area contributed by atoms with Gasteiger partial charge in [-0.05, 0) is 29.2 Å². The summed E-state index contributed by atoms with van der Waals surface area (Å²) in [6.45, 7) is 1.34. The van der Waals surface area contributed by atoms with Gasteiger partial charge in [-0.1, -0.05) is 54.1 Å². The summed E-state index contributed by atoms with van der Waals surface area (Å²) in [7, 11) is -3.54. The van der Waals surface area contributed by atoms with E-state index < -0.39 is 10.0 Å². The highest BCUT2D eigenvalue weighted by molar-refractivity contribution is 7.88. The standard InChI is InChI=1S/C19H21ClN2O3S/c20-18-8-4-3-7-17(18)14-26(24,25)21-11-9-19(23)22-12-10-15-5-1-2-6-16(15)13-22/h1-8,21H,9-14H2. The van der Waals surface area contributed by atoms with Crippen LogP contribution in [0.4, 0.5) is 0 Å². The topological polar surface area (TPSA) is 66.5 Å². The van der Waals surface area contributed by atoms with Gasteiger partial charge in [-0.3, -0.25) is 4.79 Å². The second-order valence-corrected chi connectivity index (χ2v) is 8.54. The van der Waals surface area contributed by atoms with E-state index in [1.807, 2.05) is 18.2 Å². The maximum absolute atomic E-state index is 12.4. The first kappa shape index (κ1) is 18.9. The first-order valence-corrected chi connectivity index (χ1v) is 10.5. The molecule has 0 unspecified atom stereocenters. The molecule has 138 valence electrons. The minimum absolute atomic E-state index is 0.0417. The Morgan fingerprint density at radius 3 is 2.54 bits per heavy atom. The Morgan fingerprint density at radius 1 is 1.08 bits per heavy atom. The average Bonchev–Trinajstić information content (AvgIpc) is 2.63. The van der Waals surface area contributed by atoms with E-state index in [0.29, 0.717) is 23.7 Å². The van der Waals surface area contributed by atoms with E-state index >= 15 is 0 Å². The van der Waals surface area contributed by atoms with Gasteiger partial charge in [0.2, 0.25) is 15.9 Å². The molecule has 0 bridgehead atoms. The third-order valence-electron chi connectivity index (χ3n) is 4.45. The zero-order valence-corrected chi connectivity index (χ0v) is 15.9. The van der Waals surface area contributed by atoms with Gasteiger partial charge in [0.25, 0.3) is 0 Å². The summed E-state index contributed by atoms with van der Waals surface area (Å²) in [5, 5.41) is 0.418. The van der Waals surface area contributed by atoms with Gasteiger partial charge in [0.05, 0.1) is 5.75 Å². The molecule has 0 spiro atoms. The van der Waals surface area contributed by atoms with Gasteiger partial charge in [-0.15, -0.1) is 0 Å². The van der Waals surface area contributed by atoms with E-state index in [9.17, 15) is 13.2 Å². The molecule has 0 aliphatic carbocycles. The number of hydrogen-bond donors (Lipinski definition) is 1. The molecular weight excluding hydrogens is 372 g/mol. The maximum atomic E-state index is 12.4. The Bertz CT molecular complexity index is 899. The van der Waals surface area contributed by atoms with Gasteiger partial charge in [-0.2, -0.15) is 0 Å². The summed E-state index contributed by atoms with van der Waals surface area (Å²) in [5.41, 5.74) is 2.98. The number of nitrogens with zero attached hydrogens (tertiary/aromatic N) is 1. The van der Waals surface area contributed by atoms with Crippen molar-refractivity contribution in [2.24, 2.45) is 0 Å². The fraction of sp³-hybridized carbons (Fsp3) is 0.316. The highest BCUT2D eigenvalue weighted by atomic mass is 35.5. The third kappa shape index (κ3) is 4.84. The molecule has 1 aliphatic heterocycles. The largest absolute Gasteiger partial charge is 0.338 e. The van der Waals surface area contributed by atoms with E-state index in [1.165, 1.54) is 5.56 Å². The van der Waals surface area contributed by atoms with Crippen molar-refractivity contribution in [3.05, 3.63) is 70.2 Å². The van der Waals surface area contributed by atoms with Crippen LogP contribution in [-0.2, 0) is 33.5 Å². The van der Waals surface area contributed by atoms with Gasteiger partial charge < -0.3 is 4.90 Å². The molecule has 1 N–H and O–H groups in total.